The van der Waals surface area contributed by atoms with E-state index in [1.807, 2.05) is 64.1 Å². The summed E-state index contributed by atoms with van der Waals surface area (Å²) in [5.41, 5.74) is 5.19. The van der Waals surface area contributed by atoms with Crippen molar-refractivity contribution in [3.8, 4) is 22.9 Å². The largest absolute Gasteiger partial charge is 0.508 e. The van der Waals surface area contributed by atoms with Crippen molar-refractivity contribution in [2.75, 3.05) is 0 Å². The van der Waals surface area contributed by atoms with Crippen LogP contribution in [0.25, 0.3) is 11.4 Å². The highest BCUT2D eigenvalue weighted by atomic mass is 16.5. The van der Waals surface area contributed by atoms with Gasteiger partial charge in [-0.2, -0.15) is 5.10 Å². The van der Waals surface area contributed by atoms with Crippen LogP contribution in [-0.4, -0.2) is 30.1 Å². The molecule has 2 aromatic carbocycles. The number of phenolic OH excluding ortho intramolecular Hbond substituents is 2. The molecular formula is C27H29N3O4. The van der Waals surface area contributed by atoms with Crippen molar-refractivity contribution >= 4 is 5.76 Å². The van der Waals surface area contributed by atoms with Gasteiger partial charge in [-0.05, 0) is 64.8 Å². The number of fused-ring (bicyclic) bond motifs is 1. The van der Waals surface area contributed by atoms with Crippen molar-refractivity contribution < 1.29 is 20.1 Å². The number of phenols is 2. The molecule has 0 saturated heterocycles. The summed E-state index contributed by atoms with van der Waals surface area (Å²) in [6, 6.07) is 7.36. The van der Waals surface area contributed by atoms with E-state index >= 15 is 0 Å². The highest BCUT2D eigenvalue weighted by Crippen LogP contribution is 2.48. The van der Waals surface area contributed by atoms with Crippen molar-refractivity contribution in [3.05, 3.63) is 88.2 Å². The number of hydrogen-bond acceptors (Lipinski definition) is 6. The third-order valence-corrected chi connectivity index (χ3v) is 5.74. The maximum Gasteiger partial charge on any atom is 0.172 e. The van der Waals surface area contributed by atoms with Gasteiger partial charge in [0, 0.05) is 28.7 Å². The second-order valence-electron chi connectivity index (χ2n) is 8.87. The van der Waals surface area contributed by atoms with Crippen LogP contribution in [0.5, 0.6) is 17.2 Å². The number of benzene rings is 2. The summed E-state index contributed by atoms with van der Waals surface area (Å²) >= 11 is 0. The molecule has 0 fully saturated rings. The van der Waals surface area contributed by atoms with Gasteiger partial charge in [0.05, 0.1) is 5.69 Å². The molecule has 0 spiro atoms. The lowest BCUT2D eigenvalue weighted by atomic mass is 9.92. The summed E-state index contributed by atoms with van der Waals surface area (Å²) in [4.78, 5) is 3.96. The molecule has 3 N–H and O–H groups in total. The van der Waals surface area contributed by atoms with Crippen LogP contribution < -0.4 is 4.74 Å². The van der Waals surface area contributed by atoms with Crippen LogP contribution >= 0.6 is 0 Å². The normalized spacial score (nSPS) is 12.7. The standard InChI is InChI=1S/C27H29N3O4/c1-16(2)5-11-20-24(32)21(12-6-17(3)4)27-22(25(20)33)13-23(31)26(34-27)18-7-9-19(10-8-18)30-15-28-14-29-30/h5-10,14-15,31-33H,11-13H2,1-4H3. The van der Waals surface area contributed by atoms with Crippen molar-refractivity contribution in [1.82, 2.24) is 14.8 Å². The van der Waals surface area contributed by atoms with Crippen LogP contribution in [0, 0.1) is 0 Å². The SMILES string of the molecule is CC(C)=CCc1c(O)c(CC=C(C)C)c2c(c1O)CC(O)=C(c1ccc(-n3cncn3)cc1)O2. The highest BCUT2D eigenvalue weighted by Gasteiger charge is 2.30. The first-order valence-corrected chi connectivity index (χ1v) is 11.2. The summed E-state index contributed by atoms with van der Waals surface area (Å²) in [6.07, 6.45) is 7.95. The summed E-state index contributed by atoms with van der Waals surface area (Å²) in [5, 5.41) is 37.1. The van der Waals surface area contributed by atoms with Crippen LogP contribution in [0.4, 0.5) is 0 Å². The van der Waals surface area contributed by atoms with E-state index in [1.54, 1.807) is 11.0 Å². The van der Waals surface area contributed by atoms with Gasteiger partial charge in [0.25, 0.3) is 0 Å². The fourth-order valence-electron chi connectivity index (χ4n) is 3.90. The van der Waals surface area contributed by atoms with E-state index in [4.69, 9.17) is 4.74 Å². The monoisotopic (exact) mass is 459 g/mol. The van der Waals surface area contributed by atoms with E-state index in [0.29, 0.717) is 46.6 Å². The zero-order valence-electron chi connectivity index (χ0n) is 19.8. The van der Waals surface area contributed by atoms with Crippen molar-refractivity contribution in [3.63, 3.8) is 0 Å². The lowest BCUT2D eigenvalue weighted by Gasteiger charge is -2.26. The molecule has 0 amide bonds. The first-order valence-electron chi connectivity index (χ1n) is 11.2. The first-order chi connectivity index (χ1) is 16.3. The topological polar surface area (TPSA) is 101 Å². The molecular weight excluding hydrogens is 430 g/mol. The number of aromatic nitrogens is 3. The molecule has 0 atom stereocenters. The molecule has 34 heavy (non-hydrogen) atoms. The minimum atomic E-state index is -0.0434. The van der Waals surface area contributed by atoms with Crippen LogP contribution in [-0.2, 0) is 19.3 Å². The number of aromatic hydroxyl groups is 2. The van der Waals surface area contributed by atoms with Gasteiger partial charge in [-0.3, -0.25) is 0 Å². The van der Waals surface area contributed by atoms with Gasteiger partial charge in [0.15, 0.2) is 5.76 Å². The summed E-state index contributed by atoms with van der Waals surface area (Å²) < 4.78 is 7.83. The Morgan fingerprint density at radius 3 is 2.18 bits per heavy atom. The molecule has 7 heteroatoms. The lowest BCUT2D eigenvalue weighted by molar-refractivity contribution is 0.346. The molecule has 0 unspecified atom stereocenters. The third kappa shape index (κ3) is 4.55. The maximum atomic E-state index is 11.1. The van der Waals surface area contributed by atoms with Crippen molar-refractivity contribution in [1.29, 1.82) is 0 Å². The minimum absolute atomic E-state index is 0.0170. The Balaban J connectivity index is 1.78. The Labute approximate surface area is 199 Å². The Kier molecular flexibility index (Phi) is 6.45. The quantitative estimate of drug-likeness (QED) is 0.418. The molecule has 0 saturated carbocycles. The average molecular weight is 460 g/mol. The molecule has 0 radical (unpaired) electrons. The van der Waals surface area contributed by atoms with Gasteiger partial charge in [-0.15, -0.1) is 0 Å². The highest BCUT2D eigenvalue weighted by molar-refractivity contribution is 5.73. The van der Waals surface area contributed by atoms with Crippen LogP contribution in [0.2, 0.25) is 0 Å². The molecule has 3 aromatic rings. The van der Waals surface area contributed by atoms with E-state index in [9.17, 15) is 15.3 Å². The van der Waals surface area contributed by atoms with E-state index < -0.39 is 0 Å². The van der Waals surface area contributed by atoms with Crippen molar-refractivity contribution in [2.45, 2.75) is 47.0 Å². The summed E-state index contributed by atoms with van der Waals surface area (Å²) in [5.74, 6) is 0.684. The van der Waals surface area contributed by atoms with E-state index in [2.05, 4.69) is 10.1 Å². The predicted octanol–water partition coefficient (Wildman–Crippen LogP) is 5.56. The lowest BCUT2D eigenvalue weighted by Crippen LogP contribution is -2.13. The van der Waals surface area contributed by atoms with Crippen LogP contribution in [0.3, 0.4) is 0 Å². The zero-order valence-corrected chi connectivity index (χ0v) is 19.8. The smallest absolute Gasteiger partial charge is 0.172 e. The van der Waals surface area contributed by atoms with Gasteiger partial charge >= 0.3 is 0 Å². The summed E-state index contributed by atoms with van der Waals surface area (Å²) in [7, 11) is 0. The Hall–Kier alpha value is -4.00. The maximum absolute atomic E-state index is 11.1. The third-order valence-electron chi connectivity index (χ3n) is 5.74. The molecule has 0 aliphatic carbocycles. The number of aliphatic hydroxyl groups is 1. The zero-order chi connectivity index (χ0) is 24.4. The Morgan fingerprint density at radius 1 is 0.941 bits per heavy atom. The average Bonchev–Trinajstić information content (AvgIpc) is 3.34. The van der Waals surface area contributed by atoms with Crippen LogP contribution in [0.1, 0.15) is 49.9 Å². The number of nitrogens with zero attached hydrogens (tertiary/aromatic N) is 3. The molecule has 2 heterocycles. The molecule has 7 nitrogen and oxygen atoms in total. The molecule has 0 bridgehead atoms. The van der Waals surface area contributed by atoms with Crippen LogP contribution in [0.15, 0.2) is 66.0 Å². The number of ether oxygens (including phenoxy) is 1. The van der Waals surface area contributed by atoms with Gasteiger partial charge in [-0.1, -0.05) is 23.3 Å². The van der Waals surface area contributed by atoms with Gasteiger partial charge in [-0.25, -0.2) is 9.67 Å². The van der Waals surface area contributed by atoms with E-state index in [1.165, 1.54) is 6.33 Å². The predicted molar refractivity (Wildman–Crippen MR) is 131 cm³/mol. The molecule has 1 aliphatic heterocycles. The fraction of sp³-hybridized carbons (Fsp3) is 0.259. The molecule has 1 aromatic heterocycles. The second kappa shape index (κ2) is 9.47. The van der Waals surface area contributed by atoms with Crippen molar-refractivity contribution in [2.24, 2.45) is 0 Å². The second-order valence-corrected chi connectivity index (χ2v) is 8.87. The minimum Gasteiger partial charge on any atom is -0.508 e. The van der Waals surface area contributed by atoms with Gasteiger partial charge < -0.3 is 20.1 Å². The Morgan fingerprint density at radius 2 is 1.59 bits per heavy atom. The number of allylic oxidation sites excluding steroid dienone is 5. The number of rotatable bonds is 6. The number of aliphatic hydroxyl groups excluding tert-OH is 1. The van der Waals surface area contributed by atoms with Gasteiger partial charge in [0.2, 0.25) is 0 Å². The van der Waals surface area contributed by atoms with E-state index in [0.717, 1.165) is 16.8 Å². The Bertz CT molecular complexity index is 1290. The fourth-order valence-corrected chi connectivity index (χ4v) is 3.90. The molecule has 1 aliphatic rings. The molecule has 176 valence electrons. The first kappa shape index (κ1) is 23.2. The molecule has 4 rings (SSSR count). The van der Waals surface area contributed by atoms with E-state index in [-0.39, 0.29) is 23.7 Å². The number of hydrogen-bond donors (Lipinski definition) is 3. The van der Waals surface area contributed by atoms with Gasteiger partial charge in [0.1, 0.15) is 35.7 Å². The summed E-state index contributed by atoms with van der Waals surface area (Å²) in [6.45, 7) is 7.91.